The first-order valence-corrected chi connectivity index (χ1v) is 11.5. The molecule has 0 amide bonds. The van der Waals surface area contributed by atoms with Crippen LogP contribution in [0.3, 0.4) is 0 Å². The molecule has 0 unspecified atom stereocenters. The van der Waals surface area contributed by atoms with E-state index in [1.807, 2.05) is 24.0 Å². The third-order valence-electron chi connectivity index (χ3n) is 6.60. The molecule has 4 heterocycles. The van der Waals surface area contributed by atoms with Gasteiger partial charge in [-0.1, -0.05) is 22.9 Å². The fourth-order valence-corrected chi connectivity index (χ4v) is 5.09. The highest BCUT2D eigenvalue weighted by molar-refractivity contribution is 6.30. The standard InChI is InChI=1S/C23H28ClN7O/c1-16-10-23(21-9-18(24)4-3-17(21)5-8-32-23)6-7-30(16)13-20-15-31(29-28-20)14-19-11-27-22(25-2)12-26-19/h3-4,9,11-12,15-16H,5-8,10,13-14H2,1-2H3,(H,25,27)/t16-,23+/m0/s1. The second kappa shape index (κ2) is 8.77. The Morgan fingerprint density at radius 3 is 2.91 bits per heavy atom. The molecule has 3 aromatic rings. The minimum Gasteiger partial charge on any atom is -0.372 e. The van der Waals surface area contributed by atoms with Gasteiger partial charge in [0.1, 0.15) is 5.82 Å². The molecule has 0 bridgehead atoms. The minimum atomic E-state index is -0.232. The van der Waals surface area contributed by atoms with E-state index in [0.29, 0.717) is 12.6 Å². The summed E-state index contributed by atoms with van der Waals surface area (Å²) in [6.07, 6.45) is 8.33. The van der Waals surface area contributed by atoms with Gasteiger partial charge in [-0.3, -0.25) is 9.88 Å². The topological polar surface area (TPSA) is 81.0 Å². The summed E-state index contributed by atoms with van der Waals surface area (Å²) < 4.78 is 8.23. The lowest BCUT2D eigenvalue weighted by Crippen LogP contribution is -2.50. The SMILES string of the molecule is CNc1cnc(Cn2cc(CN3CC[C@]4(C[C@@H]3C)OCCc3ccc(Cl)cc34)nn2)cn1. The second-order valence-electron chi connectivity index (χ2n) is 8.72. The number of hydrogen-bond donors (Lipinski definition) is 1. The van der Waals surface area contributed by atoms with Gasteiger partial charge in [0.2, 0.25) is 0 Å². The predicted molar refractivity (Wildman–Crippen MR) is 123 cm³/mol. The summed E-state index contributed by atoms with van der Waals surface area (Å²) in [4.78, 5) is 11.2. The summed E-state index contributed by atoms with van der Waals surface area (Å²) in [6.45, 7) is 5.30. The number of hydrogen-bond acceptors (Lipinski definition) is 7. The Labute approximate surface area is 193 Å². The van der Waals surface area contributed by atoms with E-state index in [1.54, 1.807) is 12.4 Å². The van der Waals surface area contributed by atoms with Crippen molar-refractivity contribution < 1.29 is 4.74 Å². The molecule has 2 aliphatic heterocycles. The molecule has 9 heteroatoms. The molecular weight excluding hydrogens is 426 g/mol. The number of nitrogens with zero attached hydrogens (tertiary/aromatic N) is 6. The minimum absolute atomic E-state index is 0.232. The van der Waals surface area contributed by atoms with Crippen LogP contribution in [0.15, 0.2) is 36.8 Å². The van der Waals surface area contributed by atoms with E-state index in [-0.39, 0.29) is 5.60 Å². The average Bonchev–Trinajstić information content (AvgIpc) is 3.24. The van der Waals surface area contributed by atoms with E-state index in [9.17, 15) is 0 Å². The number of ether oxygens (including phenoxy) is 1. The van der Waals surface area contributed by atoms with E-state index in [4.69, 9.17) is 16.3 Å². The van der Waals surface area contributed by atoms with Crippen LogP contribution in [0.25, 0.3) is 0 Å². The fraction of sp³-hybridized carbons (Fsp3) is 0.478. The zero-order chi connectivity index (χ0) is 22.1. The van der Waals surface area contributed by atoms with Crippen LogP contribution in [0.5, 0.6) is 0 Å². The normalized spacial score (nSPS) is 23.3. The molecule has 1 aromatic carbocycles. The number of piperidine rings is 1. The third kappa shape index (κ3) is 4.22. The lowest BCUT2D eigenvalue weighted by atomic mass is 9.77. The Balaban J connectivity index is 1.24. The third-order valence-corrected chi connectivity index (χ3v) is 6.84. The van der Waals surface area contributed by atoms with Gasteiger partial charge in [-0.15, -0.1) is 5.10 Å². The maximum Gasteiger partial charge on any atom is 0.144 e. The quantitative estimate of drug-likeness (QED) is 0.634. The van der Waals surface area contributed by atoms with E-state index in [0.717, 1.165) is 61.2 Å². The van der Waals surface area contributed by atoms with E-state index in [2.05, 4.69) is 49.6 Å². The van der Waals surface area contributed by atoms with Crippen LogP contribution in [0.4, 0.5) is 5.82 Å². The van der Waals surface area contributed by atoms with Crippen LogP contribution in [-0.2, 0) is 29.8 Å². The molecule has 168 valence electrons. The van der Waals surface area contributed by atoms with Gasteiger partial charge in [0.15, 0.2) is 0 Å². The molecule has 32 heavy (non-hydrogen) atoms. The van der Waals surface area contributed by atoms with Crippen LogP contribution < -0.4 is 5.32 Å². The number of anilines is 1. The first-order valence-electron chi connectivity index (χ1n) is 11.1. The molecule has 5 rings (SSSR count). The van der Waals surface area contributed by atoms with Crippen molar-refractivity contribution in [2.75, 3.05) is 25.5 Å². The first kappa shape index (κ1) is 21.3. The van der Waals surface area contributed by atoms with Gasteiger partial charge >= 0.3 is 0 Å². The van der Waals surface area contributed by atoms with Gasteiger partial charge in [-0.25, -0.2) is 9.67 Å². The fourth-order valence-electron chi connectivity index (χ4n) is 4.92. The van der Waals surface area contributed by atoms with Crippen molar-refractivity contribution in [3.8, 4) is 0 Å². The summed E-state index contributed by atoms with van der Waals surface area (Å²) in [5.41, 5.74) is 4.22. The van der Waals surface area contributed by atoms with Crippen LogP contribution in [-0.4, -0.2) is 56.1 Å². The van der Waals surface area contributed by atoms with Crippen LogP contribution in [0, 0.1) is 0 Å². The Kier molecular flexibility index (Phi) is 5.84. The Bertz CT molecular complexity index is 1090. The maximum absolute atomic E-state index is 6.41. The van der Waals surface area contributed by atoms with Crippen molar-refractivity contribution >= 4 is 17.4 Å². The molecule has 1 N–H and O–H groups in total. The molecule has 0 radical (unpaired) electrons. The van der Waals surface area contributed by atoms with Gasteiger partial charge < -0.3 is 10.1 Å². The summed E-state index contributed by atoms with van der Waals surface area (Å²) in [7, 11) is 1.82. The van der Waals surface area contributed by atoms with Gasteiger partial charge in [0.25, 0.3) is 0 Å². The zero-order valence-corrected chi connectivity index (χ0v) is 19.2. The summed E-state index contributed by atoms with van der Waals surface area (Å²) in [5, 5.41) is 12.4. The molecule has 2 aromatic heterocycles. The van der Waals surface area contributed by atoms with Crippen LogP contribution in [0.1, 0.15) is 42.3 Å². The Morgan fingerprint density at radius 2 is 2.12 bits per heavy atom. The van der Waals surface area contributed by atoms with Crippen LogP contribution in [0.2, 0.25) is 5.02 Å². The largest absolute Gasteiger partial charge is 0.372 e. The van der Waals surface area contributed by atoms with Crippen molar-refractivity contribution in [3.63, 3.8) is 0 Å². The highest BCUT2D eigenvalue weighted by Crippen LogP contribution is 2.44. The highest BCUT2D eigenvalue weighted by atomic mass is 35.5. The highest BCUT2D eigenvalue weighted by Gasteiger charge is 2.43. The number of nitrogens with one attached hydrogen (secondary N) is 1. The summed E-state index contributed by atoms with van der Waals surface area (Å²) in [5.74, 6) is 0.747. The summed E-state index contributed by atoms with van der Waals surface area (Å²) >= 11 is 6.33. The van der Waals surface area contributed by atoms with Crippen molar-refractivity contribution in [1.29, 1.82) is 0 Å². The van der Waals surface area contributed by atoms with E-state index < -0.39 is 0 Å². The number of benzene rings is 1. The van der Waals surface area contributed by atoms with Crippen molar-refractivity contribution in [2.45, 2.75) is 50.9 Å². The molecule has 2 atom stereocenters. The van der Waals surface area contributed by atoms with Crippen LogP contribution >= 0.6 is 11.6 Å². The van der Waals surface area contributed by atoms with Crippen molar-refractivity contribution in [2.24, 2.45) is 0 Å². The maximum atomic E-state index is 6.41. The smallest absolute Gasteiger partial charge is 0.144 e. The van der Waals surface area contributed by atoms with E-state index in [1.165, 1.54) is 11.1 Å². The Hall–Kier alpha value is -2.55. The molecule has 0 saturated carbocycles. The second-order valence-corrected chi connectivity index (χ2v) is 9.15. The Morgan fingerprint density at radius 1 is 1.22 bits per heavy atom. The van der Waals surface area contributed by atoms with Gasteiger partial charge in [0, 0.05) is 31.2 Å². The number of fused-ring (bicyclic) bond motifs is 2. The molecular formula is C23H28ClN7O. The van der Waals surface area contributed by atoms with E-state index >= 15 is 0 Å². The summed E-state index contributed by atoms with van der Waals surface area (Å²) in [6, 6.07) is 6.62. The number of halogens is 1. The lowest BCUT2D eigenvalue weighted by Gasteiger charge is -2.48. The molecule has 1 fully saturated rings. The monoisotopic (exact) mass is 453 g/mol. The predicted octanol–water partition coefficient (Wildman–Crippen LogP) is 3.26. The number of rotatable bonds is 5. The lowest BCUT2D eigenvalue weighted by molar-refractivity contribution is -0.113. The van der Waals surface area contributed by atoms with Gasteiger partial charge in [-0.2, -0.15) is 0 Å². The van der Waals surface area contributed by atoms with Crippen molar-refractivity contribution in [1.82, 2.24) is 29.9 Å². The molecule has 8 nitrogen and oxygen atoms in total. The number of aromatic nitrogens is 5. The molecule has 0 aliphatic carbocycles. The molecule has 2 aliphatic rings. The molecule has 1 spiro atoms. The van der Waals surface area contributed by atoms with Gasteiger partial charge in [0.05, 0.1) is 48.7 Å². The van der Waals surface area contributed by atoms with Gasteiger partial charge in [-0.05, 0) is 49.4 Å². The molecule has 1 saturated heterocycles. The first-order chi connectivity index (χ1) is 15.5. The number of likely N-dealkylation sites (tertiary alicyclic amines) is 1. The zero-order valence-electron chi connectivity index (χ0n) is 18.5. The average molecular weight is 454 g/mol. The van der Waals surface area contributed by atoms with Crippen molar-refractivity contribution in [3.05, 3.63) is 64.3 Å².